The zero-order valence-electron chi connectivity index (χ0n) is 14.2. The Labute approximate surface area is 143 Å². The second-order valence-electron chi connectivity index (χ2n) is 5.85. The summed E-state index contributed by atoms with van der Waals surface area (Å²) in [7, 11) is -1.03. The van der Waals surface area contributed by atoms with E-state index in [4.69, 9.17) is 9.47 Å². The quantitative estimate of drug-likeness (QED) is 0.785. The number of hydrogen-bond donors (Lipinski definition) is 1. The van der Waals surface area contributed by atoms with Gasteiger partial charge in [-0.2, -0.15) is 4.31 Å². The summed E-state index contributed by atoms with van der Waals surface area (Å²) in [4.78, 5) is 12.1. The van der Waals surface area contributed by atoms with E-state index in [1.807, 2.05) is 0 Å². The molecule has 0 aromatic heterocycles. The fourth-order valence-electron chi connectivity index (χ4n) is 2.53. The van der Waals surface area contributed by atoms with E-state index < -0.39 is 10.0 Å². The van der Waals surface area contributed by atoms with Gasteiger partial charge in [-0.3, -0.25) is 4.79 Å². The van der Waals surface area contributed by atoms with Gasteiger partial charge in [-0.25, -0.2) is 8.42 Å². The van der Waals surface area contributed by atoms with Gasteiger partial charge in [0.1, 0.15) is 10.6 Å². The second kappa shape index (κ2) is 7.96. The largest absolute Gasteiger partial charge is 0.495 e. The van der Waals surface area contributed by atoms with Crippen LogP contribution in [0.1, 0.15) is 18.4 Å². The molecule has 8 heteroatoms. The molecule has 0 bridgehead atoms. The van der Waals surface area contributed by atoms with Gasteiger partial charge in [-0.05, 0) is 37.5 Å². The number of carbonyl (C=O) groups is 1. The van der Waals surface area contributed by atoms with Gasteiger partial charge in [-0.1, -0.05) is 6.07 Å². The molecule has 24 heavy (non-hydrogen) atoms. The van der Waals surface area contributed by atoms with Crippen LogP contribution in [0.4, 0.5) is 0 Å². The molecule has 1 aromatic carbocycles. The van der Waals surface area contributed by atoms with E-state index in [0.29, 0.717) is 13.2 Å². The Balaban J connectivity index is 2.03. The normalized spacial score (nSPS) is 17.9. The Bertz CT molecular complexity index is 684. The first-order chi connectivity index (χ1) is 11.3. The Hall–Kier alpha value is -1.64. The third-order valence-electron chi connectivity index (χ3n) is 3.92. The van der Waals surface area contributed by atoms with E-state index >= 15 is 0 Å². The molecule has 1 fully saturated rings. The lowest BCUT2D eigenvalue weighted by molar-refractivity contribution is -0.121. The molecular formula is C16H24N2O5S. The number of methoxy groups -OCH3 is 1. The van der Waals surface area contributed by atoms with Crippen molar-refractivity contribution in [1.29, 1.82) is 0 Å². The minimum absolute atomic E-state index is 0.0210. The van der Waals surface area contributed by atoms with Crippen LogP contribution in [0.2, 0.25) is 0 Å². The number of nitrogens with one attached hydrogen (secondary N) is 1. The third-order valence-corrected chi connectivity index (χ3v) is 5.75. The molecule has 1 atom stereocenters. The van der Waals surface area contributed by atoms with Crippen molar-refractivity contribution in [2.24, 2.45) is 0 Å². The first-order valence-electron chi connectivity index (χ1n) is 7.84. The molecule has 0 spiro atoms. The summed E-state index contributed by atoms with van der Waals surface area (Å²) in [6.07, 6.45) is 1.92. The van der Waals surface area contributed by atoms with Gasteiger partial charge in [0.2, 0.25) is 15.9 Å². The fourth-order valence-corrected chi connectivity index (χ4v) is 3.89. The second-order valence-corrected chi connectivity index (χ2v) is 7.87. The number of aryl methyl sites for hydroxylation is 1. The van der Waals surface area contributed by atoms with Crippen LogP contribution in [0, 0.1) is 6.92 Å². The van der Waals surface area contributed by atoms with Crippen molar-refractivity contribution in [3.63, 3.8) is 0 Å². The topological polar surface area (TPSA) is 84.9 Å². The van der Waals surface area contributed by atoms with Crippen molar-refractivity contribution < 1.29 is 22.7 Å². The summed E-state index contributed by atoms with van der Waals surface area (Å²) in [6.45, 7) is 2.65. The molecule has 7 nitrogen and oxygen atoms in total. The molecule has 1 amide bonds. The smallest absolute Gasteiger partial charge is 0.246 e. The van der Waals surface area contributed by atoms with Crippen LogP contribution in [0.25, 0.3) is 0 Å². The summed E-state index contributed by atoms with van der Waals surface area (Å²) >= 11 is 0. The standard InChI is InChI=1S/C16H24N2O5S/c1-12-6-7-14(22-3)15(9-12)24(20,21)18(2)11-16(19)17-10-13-5-4-8-23-13/h6-7,9,13H,4-5,8,10-11H2,1-3H3,(H,17,19)/t13-/m1/s1. The number of benzene rings is 1. The van der Waals surface area contributed by atoms with Crippen molar-refractivity contribution in [1.82, 2.24) is 9.62 Å². The molecule has 0 unspecified atom stereocenters. The molecule has 1 aromatic rings. The predicted octanol–water partition coefficient (Wildman–Crippen LogP) is 0.919. The zero-order chi connectivity index (χ0) is 17.7. The van der Waals surface area contributed by atoms with E-state index in [2.05, 4.69) is 5.32 Å². The molecule has 0 radical (unpaired) electrons. The van der Waals surface area contributed by atoms with E-state index in [1.54, 1.807) is 19.1 Å². The predicted molar refractivity (Wildman–Crippen MR) is 89.5 cm³/mol. The Morgan fingerprint density at radius 1 is 1.46 bits per heavy atom. The van der Waals surface area contributed by atoms with Gasteiger partial charge in [0.05, 0.1) is 19.8 Å². The number of amides is 1. The highest BCUT2D eigenvalue weighted by atomic mass is 32.2. The average Bonchev–Trinajstić information content (AvgIpc) is 3.06. The number of rotatable bonds is 7. The minimum Gasteiger partial charge on any atom is -0.495 e. The molecular weight excluding hydrogens is 332 g/mol. The molecule has 0 aliphatic carbocycles. The van der Waals surface area contributed by atoms with Gasteiger partial charge in [0.25, 0.3) is 0 Å². The summed E-state index contributed by atoms with van der Waals surface area (Å²) in [5.41, 5.74) is 0.797. The van der Waals surface area contributed by atoms with Crippen LogP contribution in [0.3, 0.4) is 0 Å². The van der Waals surface area contributed by atoms with Gasteiger partial charge in [0.15, 0.2) is 0 Å². The van der Waals surface area contributed by atoms with Crippen LogP contribution in [-0.2, 0) is 19.6 Å². The van der Waals surface area contributed by atoms with Crippen molar-refractivity contribution in [3.8, 4) is 5.75 Å². The Morgan fingerprint density at radius 3 is 2.83 bits per heavy atom. The first-order valence-corrected chi connectivity index (χ1v) is 9.28. The average molecular weight is 356 g/mol. The maximum absolute atomic E-state index is 12.7. The van der Waals surface area contributed by atoms with Gasteiger partial charge in [0, 0.05) is 20.2 Å². The first kappa shape index (κ1) is 18.7. The maximum atomic E-state index is 12.7. The van der Waals surface area contributed by atoms with Crippen LogP contribution in [0.15, 0.2) is 23.1 Å². The van der Waals surface area contributed by atoms with Crippen LogP contribution >= 0.6 is 0 Å². The van der Waals surface area contributed by atoms with E-state index in [9.17, 15) is 13.2 Å². The lowest BCUT2D eigenvalue weighted by Gasteiger charge is -2.19. The molecule has 1 heterocycles. The van der Waals surface area contributed by atoms with Crippen LogP contribution < -0.4 is 10.1 Å². The maximum Gasteiger partial charge on any atom is 0.246 e. The highest BCUT2D eigenvalue weighted by Crippen LogP contribution is 2.27. The van der Waals surface area contributed by atoms with Crippen molar-refractivity contribution in [2.45, 2.75) is 30.8 Å². The zero-order valence-corrected chi connectivity index (χ0v) is 15.1. The van der Waals surface area contributed by atoms with E-state index in [1.165, 1.54) is 20.2 Å². The van der Waals surface area contributed by atoms with Gasteiger partial charge >= 0.3 is 0 Å². The summed E-state index contributed by atoms with van der Waals surface area (Å²) < 4.78 is 37.0. The summed E-state index contributed by atoms with van der Waals surface area (Å²) in [6, 6.07) is 4.91. The number of carbonyl (C=O) groups excluding carboxylic acids is 1. The van der Waals surface area contributed by atoms with Crippen LogP contribution in [-0.4, -0.2) is 58.6 Å². The van der Waals surface area contributed by atoms with Crippen molar-refractivity contribution in [2.75, 3.05) is 33.9 Å². The van der Waals surface area contributed by atoms with Gasteiger partial charge in [-0.15, -0.1) is 0 Å². The fraction of sp³-hybridized carbons (Fsp3) is 0.562. The lowest BCUT2D eigenvalue weighted by Crippen LogP contribution is -2.40. The number of likely N-dealkylation sites (N-methyl/N-ethyl adjacent to an activating group) is 1. The number of ether oxygens (including phenoxy) is 2. The molecule has 1 saturated heterocycles. The molecule has 1 aliphatic heterocycles. The highest BCUT2D eigenvalue weighted by Gasteiger charge is 2.27. The number of nitrogens with zero attached hydrogens (tertiary/aromatic N) is 1. The number of hydrogen-bond acceptors (Lipinski definition) is 5. The van der Waals surface area contributed by atoms with E-state index in [0.717, 1.165) is 22.7 Å². The highest BCUT2D eigenvalue weighted by molar-refractivity contribution is 7.89. The van der Waals surface area contributed by atoms with Gasteiger partial charge < -0.3 is 14.8 Å². The Morgan fingerprint density at radius 2 is 2.21 bits per heavy atom. The van der Waals surface area contributed by atoms with Crippen molar-refractivity contribution >= 4 is 15.9 Å². The third kappa shape index (κ3) is 4.46. The van der Waals surface area contributed by atoms with Crippen molar-refractivity contribution in [3.05, 3.63) is 23.8 Å². The SMILES string of the molecule is COc1ccc(C)cc1S(=O)(=O)N(C)CC(=O)NC[C@H]1CCCO1. The van der Waals surface area contributed by atoms with Crippen LogP contribution in [0.5, 0.6) is 5.75 Å². The molecule has 1 aliphatic rings. The monoisotopic (exact) mass is 356 g/mol. The number of sulfonamides is 1. The lowest BCUT2D eigenvalue weighted by atomic mass is 10.2. The summed E-state index contributed by atoms with van der Waals surface area (Å²) in [5, 5.41) is 2.72. The molecule has 0 saturated carbocycles. The molecule has 134 valence electrons. The van der Waals surface area contributed by atoms with E-state index in [-0.39, 0.29) is 29.2 Å². The molecule has 1 N–H and O–H groups in total. The Kier molecular flexibility index (Phi) is 6.20. The summed E-state index contributed by atoms with van der Waals surface area (Å²) in [5.74, 6) is -0.101. The minimum atomic E-state index is -3.82. The molecule has 2 rings (SSSR count).